The van der Waals surface area contributed by atoms with Gasteiger partial charge in [-0.2, -0.15) is 13.2 Å². The summed E-state index contributed by atoms with van der Waals surface area (Å²) in [5, 5.41) is 7.63. The van der Waals surface area contributed by atoms with Crippen molar-refractivity contribution in [3.63, 3.8) is 0 Å². The third-order valence-corrected chi connectivity index (χ3v) is 2.27. The minimum absolute atomic E-state index is 0.151. The summed E-state index contributed by atoms with van der Waals surface area (Å²) in [5.41, 5.74) is 5.88. The van der Waals surface area contributed by atoms with E-state index >= 15 is 0 Å². The Morgan fingerprint density at radius 3 is 2.72 bits per heavy atom. The zero-order valence-electron chi connectivity index (χ0n) is 10.3. The van der Waals surface area contributed by atoms with Gasteiger partial charge in [-0.3, -0.25) is 9.58 Å². The number of alkyl halides is 3. The molecule has 0 aliphatic rings. The van der Waals surface area contributed by atoms with Crippen LogP contribution in [0.3, 0.4) is 0 Å². The first-order valence-electron chi connectivity index (χ1n) is 5.82. The maximum absolute atomic E-state index is 12.4. The van der Waals surface area contributed by atoms with Gasteiger partial charge in [-0.05, 0) is 13.0 Å². The number of halogens is 3. The maximum Gasteiger partial charge on any atom is 0.401 e. The van der Waals surface area contributed by atoms with Gasteiger partial charge in [0, 0.05) is 19.3 Å². The largest absolute Gasteiger partial charge is 0.401 e. The Labute approximate surface area is 104 Å². The molecule has 1 aromatic rings. The molecule has 1 rings (SSSR count). The SMILES string of the molecule is CCCN(Cc1cn(CCN)nn1)CC(F)(F)F. The summed E-state index contributed by atoms with van der Waals surface area (Å²) in [6.45, 7) is 2.38. The fourth-order valence-corrected chi connectivity index (χ4v) is 1.67. The van der Waals surface area contributed by atoms with Crippen molar-refractivity contribution in [1.82, 2.24) is 19.9 Å². The number of nitrogens with zero attached hydrogens (tertiary/aromatic N) is 4. The predicted molar refractivity (Wildman–Crippen MR) is 60.7 cm³/mol. The molecule has 0 aliphatic heterocycles. The van der Waals surface area contributed by atoms with E-state index < -0.39 is 12.7 Å². The number of nitrogens with two attached hydrogens (primary N) is 1. The van der Waals surface area contributed by atoms with Gasteiger partial charge in [0.2, 0.25) is 0 Å². The minimum Gasteiger partial charge on any atom is -0.329 e. The van der Waals surface area contributed by atoms with Crippen LogP contribution in [0, 0.1) is 0 Å². The lowest BCUT2D eigenvalue weighted by atomic mass is 10.3. The molecule has 0 radical (unpaired) electrons. The second kappa shape index (κ2) is 6.69. The number of hydrogen-bond donors (Lipinski definition) is 1. The molecule has 0 amide bonds. The molecule has 104 valence electrons. The Kier molecular flexibility index (Phi) is 5.54. The van der Waals surface area contributed by atoms with E-state index in [1.165, 1.54) is 9.58 Å². The molecule has 5 nitrogen and oxygen atoms in total. The lowest BCUT2D eigenvalue weighted by molar-refractivity contribution is -0.147. The summed E-state index contributed by atoms with van der Waals surface area (Å²) in [4.78, 5) is 1.32. The molecular formula is C10H18F3N5. The van der Waals surface area contributed by atoms with Crippen molar-refractivity contribution in [2.45, 2.75) is 32.6 Å². The van der Waals surface area contributed by atoms with Crippen LogP contribution in [0.25, 0.3) is 0 Å². The molecule has 2 N–H and O–H groups in total. The Morgan fingerprint density at radius 2 is 2.17 bits per heavy atom. The van der Waals surface area contributed by atoms with Crippen LogP contribution in [0.2, 0.25) is 0 Å². The summed E-state index contributed by atoms with van der Waals surface area (Å²) in [5.74, 6) is 0. The zero-order valence-corrected chi connectivity index (χ0v) is 10.3. The number of aromatic nitrogens is 3. The highest BCUT2D eigenvalue weighted by Crippen LogP contribution is 2.17. The molecule has 0 unspecified atom stereocenters. The van der Waals surface area contributed by atoms with Crippen molar-refractivity contribution in [3.8, 4) is 0 Å². The highest BCUT2D eigenvalue weighted by Gasteiger charge is 2.30. The van der Waals surface area contributed by atoms with Crippen LogP contribution in [-0.2, 0) is 13.1 Å². The average Bonchev–Trinajstić information content (AvgIpc) is 2.64. The van der Waals surface area contributed by atoms with Crippen molar-refractivity contribution in [2.75, 3.05) is 19.6 Å². The zero-order chi connectivity index (χ0) is 13.6. The van der Waals surface area contributed by atoms with Gasteiger partial charge in [-0.1, -0.05) is 12.1 Å². The summed E-state index contributed by atoms with van der Waals surface area (Å²) in [7, 11) is 0. The second-order valence-corrected chi connectivity index (χ2v) is 4.09. The van der Waals surface area contributed by atoms with Gasteiger partial charge >= 0.3 is 6.18 Å². The molecule has 0 aromatic carbocycles. The van der Waals surface area contributed by atoms with E-state index in [0.717, 1.165) is 0 Å². The topological polar surface area (TPSA) is 60.0 Å². The second-order valence-electron chi connectivity index (χ2n) is 4.09. The molecule has 0 bridgehead atoms. The Balaban J connectivity index is 2.58. The van der Waals surface area contributed by atoms with Crippen molar-refractivity contribution < 1.29 is 13.2 Å². The van der Waals surface area contributed by atoms with Crippen molar-refractivity contribution in [1.29, 1.82) is 0 Å². The normalized spacial score (nSPS) is 12.3. The maximum atomic E-state index is 12.4. The van der Waals surface area contributed by atoms with E-state index in [4.69, 9.17) is 5.73 Å². The lowest BCUT2D eigenvalue weighted by Crippen LogP contribution is -2.34. The van der Waals surface area contributed by atoms with Gasteiger partial charge in [0.1, 0.15) is 0 Å². The summed E-state index contributed by atoms with van der Waals surface area (Å²) >= 11 is 0. The molecule has 0 atom stereocenters. The molecular weight excluding hydrogens is 247 g/mol. The van der Waals surface area contributed by atoms with Crippen LogP contribution in [0.5, 0.6) is 0 Å². The van der Waals surface area contributed by atoms with E-state index in [9.17, 15) is 13.2 Å². The minimum atomic E-state index is -4.19. The molecule has 0 saturated heterocycles. The van der Waals surface area contributed by atoms with Crippen LogP contribution in [0.4, 0.5) is 13.2 Å². The van der Waals surface area contributed by atoms with Gasteiger partial charge in [-0.15, -0.1) is 5.10 Å². The van der Waals surface area contributed by atoms with Crippen LogP contribution >= 0.6 is 0 Å². The van der Waals surface area contributed by atoms with Crippen LogP contribution in [0.15, 0.2) is 6.20 Å². The predicted octanol–water partition coefficient (Wildman–Crippen LogP) is 1.01. The average molecular weight is 265 g/mol. The van der Waals surface area contributed by atoms with Crippen LogP contribution in [0.1, 0.15) is 19.0 Å². The van der Waals surface area contributed by atoms with E-state index in [1.807, 2.05) is 6.92 Å². The molecule has 1 aromatic heterocycles. The lowest BCUT2D eigenvalue weighted by Gasteiger charge is -2.21. The molecule has 0 saturated carbocycles. The van der Waals surface area contributed by atoms with Gasteiger partial charge in [0.05, 0.1) is 18.8 Å². The van der Waals surface area contributed by atoms with E-state index in [2.05, 4.69) is 10.3 Å². The van der Waals surface area contributed by atoms with Crippen LogP contribution in [-0.4, -0.2) is 45.7 Å². The van der Waals surface area contributed by atoms with Crippen molar-refractivity contribution in [3.05, 3.63) is 11.9 Å². The fourth-order valence-electron chi connectivity index (χ4n) is 1.67. The highest BCUT2D eigenvalue weighted by molar-refractivity contribution is 4.92. The molecule has 0 aliphatic carbocycles. The quantitative estimate of drug-likeness (QED) is 0.799. The van der Waals surface area contributed by atoms with Gasteiger partial charge in [0.25, 0.3) is 0 Å². The van der Waals surface area contributed by atoms with Gasteiger partial charge in [-0.25, -0.2) is 0 Å². The molecule has 18 heavy (non-hydrogen) atoms. The third-order valence-electron chi connectivity index (χ3n) is 2.27. The molecule has 0 spiro atoms. The Hall–Kier alpha value is -1.15. The van der Waals surface area contributed by atoms with Gasteiger partial charge in [0.15, 0.2) is 0 Å². The summed E-state index contributed by atoms with van der Waals surface area (Å²) < 4.78 is 38.6. The van der Waals surface area contributed by atoms with E-state index in [0.29, 0.717) is 31.7 Å². The van der Waals surface area contributed by atoms with E-state index in [1.54, 1.807) is 6.20 Å². The standard InChI is InChI=1S/C10H18F3N5/c1-2-4-17(8-10(11,12)13)6-9-7-18(5-3-14)16-15-9/h7H,2-6,8,14H2,1H3. The molecule has 8 heteroatoms. The Morgan fingerprint density at radius 1 is 1.44 bits per heavy atom. The fraction of sp³-hybridized carbons (Fsp3) is 0.800. The van der Waals surface area contributed by atoms with Crippen LogP contribution < -0.4 is 5.73 Å². The van der Waals surface area contributed by atoms with Crippen molar-refractivity contribution >= 4 is 0 Å². The summed E-state index contributed by atoms with van der Waals surface area (Å²) in [6.07, 6.45) is -1.90. The molecule has 0 fully saturated rings. The van der Waals surface area contributed by atoms with Gasteiger partial charge < -0.3 is 5.73 Å². The number of hydrogen-bond acceptors (Lipinski definition) is 4. The monoisotopic (exact) mass is 265 g/mol. The first-order valence-corrected chi connectivity index (χ1v) is 5.82. The first kappa shape index (κ1) is 14.9. The highest BCUT2D eigenvalue weighted by atomic mass is 19.4. The summed E-state index contributed by atoms with van der Waals surface area (Å²) in [6, 6.07) is 0. The van der Waals surface area contributed by atoms with E-state index in [-0.39, 0.29) is 6.54 Å². The Bertz CT molecular complexity index is 350. The third kappa shape index (κ3) is 5.46. The van der Waals surface area contributed by atoms with Crippen molar-refractivity contribution in [2.24, 2.45) is 5.73 Å². The number of rotatable bonds is 7. The molecule has 1 heterocycles. The first-order chi connectivity index (χ1) is 8.44. The smallest absolute Gasteiger partial charge is 0.329 e.